The fourth-order valence-electron chi connectivity index (χ4n) is 1.83. The van der Waals surface area contributed by atoms with Crippen LogP contribution < -0.4 is 10.6 Å². The number of nitrogens with zero attached hydrogens (tertiary/aromatic N) is 4. The van der Waals surface area contributed by atoms with Crippen molar-refractivity contribution in [3.8, 4) is 0 Å². The maximum absolute atomic E-state index is 11.6. The highest BCUT2D eigenvalue weighted by Gasteiger charge is 2.38. The molecule has 2 atom stereocenters. The van der Waals surface area contributed by atoms with Crippen molar-refractivity contribution in [1.29, 1.82) is 0 Å². The number of aromatic nitrogens is 3. The predicted octanol–water partition coefficient (Wildman–Crippen LogP) is -0.780. The molecule has 2 rings (SSSR count). The van der Waals surface area contributed by atoms with E-state index in [0.717, 1.165) is 0 Å². The topological polar surface area (TPSA) is 114 Å². The fourth-order valence-corrected chi connectivity index (χ4v) is 1.91. The average Bonchev–Trinajstić information content (AvgIpc) is 2.74. The first-order valence-electron chi connectivity index (χ1n) is 5.21. The fraction of sp³-hybridized carbons (Fsp3) is 0.556. The summed E-state index contributed by atoms with van der Waals surface area (Å²) in [5, 5.41) is 17.0. The highest BCUT2D eigenvalue weighted by molar-refractivity contribution is 6.31. The monoisotopic (exact) mass is 273 g/mol. The van der Waals surface area contributed by atoms with Gasteiger partial charge in [0.1, 0.15) is 6.04 Å². The van der Waals surface area contributed by atoms with Crippen LogP contribution in [-0.4, -0.2) is 52.1 Å². The zero-order valence-electron chi connectivity index (χ0n) is 9.58. The molecule has 0 radical (unpaired) electrons. The van der Waals surface area contributed by atoms with Gasteiger partial charge < -0.3 is 20.5 Å². The van der Waals surface area contributed by atoms with Crippen molar-refractivity contribution in [2.24, 2.45) is 0 Å². The lowest BCUT2D eigenvalue weighted by molar-refractivity contribution is -0.142. The van der Waals surface area contributed by atoms with Crippen molar-refractivity contribution in [2.75, 3.05) is 24.3 Å². The number of halogens is 1. The maximum atomic E-state index is 11.6. The Kier molecular flexibility index (Phi) is 3.48. The Morgan fingerprint density at radius 3 is 2.94 bits per heavy atom. The number of aliphatic hydroxyl groups excluding tert-OH is 1. The first kappa shape index (κ1) is 12.8. The number of anilines is 2. The van der Waals surface area contributed by atoms with Crippen LogP contribution >= 0.6 is 11.6 Å². The van der Waals surface area contributed by atoms with Gasteiger partial charge in [0, 0.05) is 13.0 Å². The van der Waals surface area contributed by atoms with E-state index in [9.17, 15) is 9.90 Å². The van der Waals surface area contributed by atoms with E-state index in [4.69, 9.17) is 17.3 Å². The van der Waals surface area contributed by atoms with E-state index in [1.807, 2.05) is 0 Å². The van der Waals surface area contributed by atoms with Crippen LogP contribution in [0.2, 0.25) is 5.15 Å². The summed E-state index contributed by atoms with van der Waals surface area (Å²) < 4.78 is 4.66. The number of hydrogen-bond donors (Lipinski definition) is 2. The number of hydrogen-bond acceptors (Lipinski definition) is 8. The third-order valence-electron chi connectivity index (χ3n) is 2.67. The van der Waals surface area contributed by atoms with E-state index in [0.29, 0.717) is 0 Å². The number of carbonyl (C=O) groups excluding carboxylic acids is 1. The summed E-state index contributed by atoms with van der Waals surface area (Å²) in [6.07, 6.45) is -0.409. The largest absolute Gasteiger partial charge is 0.467 e. The van der Waals surface area contributed by atoms with Gasteiger partial charge in [-0.25, -0.2) is 4.79 Å². The maximum Gasteiger partial charge on any atom is 0.328 e. The highest BCUT2D eigenvalue weighted by Crippen LogP contribution is 2.24. The van der Waals surface area contributed by atoms with Crippen molar-refractivity contribution >= 4 is 29.3 Å². The van der Waals surface area contributed by atoms with Crippen LogP contribution in [0.15, 0.2) is 0 Å². The second-order valence-electron chi connectivity index (χ2n) is 3.87. The number of nitrogen functional groups attached to an aromatic ring is 1. The first-order chi connectivity index (χ1) is 8.52. The first-order valence-corrected chi connectivity index (χ1v) is 5.59. The highest BCUT2D eigenvalue weighted by atomic mass is 35.5. The predicted molar refractivity (Wildman–Crippen MR) is 63.0 cm³/mol. The third kappa shape index (κ3) is 2.29. The van der Waals surface area contributed by atoms with Gasteiger partial charge in [0.05, 0.1) is 13.2 Å². The Labute approximate surface area is 108 Å². The molecular formula is C9H12ClN5O3. The number of esters is 1. The van der Waals surface area contributed by atoms with Gasteiger partial charge in [-0.1, -0.05) is 11.6 Å². The molecule has 8 nitrogen and oxygen atoms in total. The van der Waals surface area contributed by atoms with Gasteiger partial charge >= 0.3 is 5.97 Å². The van der Waals surface area contributed by atoms with Crippen molar-refractivity contribution in [2.45, 2.75) is 18.6 Å². The third-order valence-corrected chi connectivity index (χ3v) is 2.94. The molecule has 1 aliphatic heterocycles. The van der Waals surface area contributed by atoms with Crippen LogP contribution in [0.3, 0.4) is 0 Å². The summed E-state index contributed by atoms with van der Waals surface area (Å²) in [6, 6.07) is -0.646. The summed E-state index contributed by atoms with van der Waals surface area (Å²) in [6.45, 7) is 0.211. The molecule has 0 bridgehead atoms. The minimum absolute atomic E-state index is 0.00638. The van der Waals surface area contributed by atoms with Gasteiger partial charge in [0.2, 0.25) is 5.95 Å². The number of rotatable bonds is 2. The minimum atomic E-state index is -0.658. The molecule has 98 valence electrons. The molecule has 1 saturated heterocycles. The molecule has 1 fully saturated rings. The van der Waals surface area contributed by atoms with Gasteiger partial charge in [0.15, 0.2) is 11.0 Å². The van der Waals surface area contributed by atoms with E-state index in [1.54, 1.807) is 0 Å². The molecule has 9 heteroatoms. The second-order valence-corrected chi connectivity index (χ2v) is 4.23. The average molecular weight is 274 g/mol. The van der Waals surface area contributed by atoms with Crippen LogP contribution in [0.4, 0.5) is 11.8 Å². The Balaban J connectivity index is 2.29. The number of carbonyl (C=O) groups is 1. The number of nitrogens with two attached hydrogens (primary N) is 1. The van der Waals surface area contributed by atoms with E-state index in [1.165, 1.54) is 12.0 Å². The van der Waals surface area contributed by atoms with Gasteiger partial charge in [-0.05, 0) is 0 Å². The number of aliphatic hydroxyl groups is 1. The molecule has 0 unspecified atom stereocenters. The molecule has 0 saturated carbocycles. The Morgan fingerprint density at radius 1 is 1.61 bits per heavy atom. The molecule has 0 spiro atoms. The van der Waals surface area contributed by atoms with Crippen LogP contribution in [-0.2, 0) is 9.53 Å². The van der Waals surface area contributed by atoms with E-state index < -0.39 is 18.1 Å². The number of β-amino-alcohol motifs (C(OH)–C–C–N with tert-alkyl or cyclic N) is 1. The summed E-state index contributed by atoms with van der Waals surface area (Å²) in [5.41, 5.74) is 5.53. The zero-order chi connectivity index (χ0) is 13.3. The lowest BCUT2D eigenvalue weighted by Crippen LogP contribution is -2.38. The quantitative estimate of drug-likeness (QED) is 0.675. The molecule has 0 amide bonds. The Morgan fingerprint density at radius 2 is 2.33 bits per heavy atom. The molecule has 1 aromatic rings. The molecule has 3 N–H and O–H groups in total. The summed E-state index contributed by atoms with van der Waals surface area (Å²) in [5.74, 6) is -0.306. The van der Waals surface area contributed by atoms with Crippen molar-refractivity contribution < 1.29 is 14.6 Å². The standard InChI is InChI=1S/C9H12ClN5O3/c1-18-8(17)5-2-4(16)3-15(5)9-12-7(11)6(10)13-14-9/h4-5,16H,2-3H2,1H3,(H2,11,12,14)/t4-,5+/m1/s1. The Bertz CT molecular complexity index is 472. The van der Waals surface area contributed by atoms with Gasteiger partial charge in [-0.15, -0.1) is 10.2 Å². The van der Waals surface area contributed by atoms with Crippen LogP contribution in [0.25, 0.3) is 0 Å². The Hall–Kier alpha value is -1.67. The second kappa shape index (κ2) is 4.91. The number of methoxy groups -OCH3 is 1. The summed E-state index contributed by atoms with van der Waals surface area (Å²) >= 11 is 5.62. The minimum Gasteiger partial charge on any atom is -0.467 e. The van der Waals surface area contributed by atoms with E-state index >= 15 is 0 Å². The summed E-state index contributed by atoms with van der Waals surface area (Å²) in [4.78, 5) is 17.0. The SMILES string of the molecule is COC(=O)[C@@H]1C[C@@H](O)CN1c1nnc(Cl)c(N)n1. The molecule has 1 aliphatic rings. The molecular weight excluding hydrogens is 262 g/mol. The molecule has 2 heterocycles. The van der Waals surface area contributed by atoms with Crippen LogP contribution in [0, 0.1) is 0 Å². The lowest BCUT2D eigenvalue weighted by Gasteiger charge is -2.21. The molecule has 0 aliphatic carbocycles. The van der Waals surface area contributed by atoms with Gasteiger partial charge in [0.25, 0.3) is 0 Å². The number of ether oxygens (including phenoxy) is 1. The van der Waals surface area contributed by atoms with Crippen molar-refractivity contribution in [3.63, 3.8) is 0 Å². The lowest BCUT2D eigenvalue weighted by atomic mass is 10.2. The molecule has 0 aromatic carbocycles. The van der Waals surface area contributed by atoms with Crippen molar-refractivity contribution in [1.82, 2.24) is 15.2 Å². The van der Waals surface area contributed by atoms with Gasteiger partial charge in [-0.3, -0.25) is 0 Å². The van der Waals surface area contributed by atoms with E-state index in [-0.39, 0.29) is 29.9 Å². The van der Waals surface area contributed by atoms with E-state index in [2.05, 4.69) is 19.9 Å². The van der Waals surface area contributed by atoms with Crippen molar-refractivity contribution in [3.05, 3.63) is 5.15 Å². The smallest absolute Gasteiger partial charge is 0.328 e. The normalized spacial score (nSPS) is 23.2. The molecule has 18 heavy (non-hydrogen) atoms. The summed E-state index contributed by atoms with van der Waals surface area (Å²) in [7, 11) is 1.28. The zero-order valence-corrected chi connectivity index (χ0v) is 10.3. The van der Waals surface area contributed by atoms with Crippen LogP contribution in [0.5, 0.6) is 0 Å². The molecule has 1 aromatic heterocycles. The van der Waals surface area contributed by atoms with Gasteiger partial charge in [-0.2, -0.15) is 4.98 Å². The van der Waals surface area contributed by atoms with Crippen LogP contribution in [0.1, 0.15) is 6.42 Å².